The first-order chi connectivity index (χ1) is 7.58. The SMILES string of the molecule is Cc1cn(Cc2cncc(F)c2)c(C)c1C. The quantitative estimate of drug-likeness (QED) is 0.757. The molecule has 2 aromatic rings. The number of hydrogen-bond donors (Lipinski definition) is 0. The van der Waals surface area contributed by atoms with E-state index in [0.29, 0.717) is 6.54 Å². The molecule has 0 radical (unpaired) electrons. The van der Waals surface area contributed by atoms with E-state index in [9.17, 15) is 4.39 Å². The highest BCUT2D eigenvalue weighted by Crippen LogP contribution is 2.16. The molecule has 0 spiro atoms. The van der Waals surface area contributed by atoms with E-state index >= 15 is 0 Å². The lowest BCUT2D eigenvalue weighted by atomic mass is 10.2. The molecular weight excluding hydrogens is 203 g/mol. The summed E-state index contributed by atoms with van der Waals surface area (Å²) in [5.41, 5.74) is 4.67. The van der Waals surface area contributed by atoms with E-state index in [-0.39, 0.29) is 5.82 Å². The molecule has 0 fully saturated rings. The van der Waals surface area contributed by atoms with Crippen molar-refractivity contribution >= 4 is 0 Å². The molecule has 0 aromatic carbocycles. The zero-order chi connectivity index (χ0) is 11.7. The van der Waals surface area contributed by atoms with Crippen LogP contribution in [0.2, 0.25) is 0 Å². The van der Waals surface area contributed by atoms with Crippen LogP contribution in [0, 0.1) is 26.6 Å². The zero-order valence-electron chi connectivity index (χ0n) is 9.79. The number of aromatic nitrogens is 2. The van der Waals surface area contributed by atoms with E-state index in [2.05, 4.69) is 36.5 Å². The molecule has 0 atom stereocenters. The molecular formula is C13H15FN2. The minimum absolute atomic E-state index is 0.282. The molecule has 16 heavy (non-hydrogen) atoms. The predicted octanol–water partition coefficient (Wildman–Crippen LogP) is 3.00. The summed E-state index contributed by atoms with van der Waals surface area (Å²) in [6, 6.07) is 1.52. The summed E-state index contributed by atoms with van der Waals surface area (Å²) >= 11 is 0. The third kappa shape index (κ3) is 1.98. The van der Waals surface area contributed by atoms with Crippen molar-refractivity contribution in [3.8, 4) is 0 Å². The van der Waals surface area contributed by atoms with Gasteiger partial charge in [-0.15, -0.1) is 0 Å². The van der Waals surface area contributed by atoms with Gasteiger partial charge in [0.2, 0.25) is 0 Å². The largest absolute Gasteiger partial charge is 0.347 e. The third-order valence-electron chi connectivity index (χ3n) is 3.03. The number of halogens is 1. The smallest absolute Gasteiger partial charge is 0.141 e. The van der Waals surface area contributed by atoms with Crippen LogP contribution in [0.5, 0.6) is 0 Å². The highest BCUT2D eigenvalue weighted by Gasteiger charge is 2.06. The fourth-order valence-corrected chi connectivity index (χ4v) is 1.83. The van der Waals surface area contributed by atoms with Gasteiger partial charge in [0.05, 0.1) is 6.20 Å². The Labute approximate surface area is 94.8 Å². The number of hydrogen-bond acceptors (Lipinski definition) is 1. The Balaban J connectivity index is 2.30. The van der Waals surface area contributed by atoms with Crippen LogP contribution < -0.4 is 0 Å². The van der Waals surface area contributed by atoms with E-state index < -0.39 is 0 Å². The van der Waals surface area contributed by atoms with Crippen molar-refractivity contribution in [3.05, 3.63) is 52.9 Å². The molecule has 0 unspecified atom stereocenters. The Morgan fingerprint density at radius 2 is 2.00 bits per heavy atom. The number of rotatable bonds is 2. The van der Waals surface area contributed by atoms with Gasteiger partial charge in [-0.25, -0.2) is 4.39 Å². The lowest BCUT2D eigenvalue weighted by Gasteiger charge is -2.06. The van der Waals surface area contributed by atoms with Gasteiger partial charge in [0.1, 0.15) is 5.82 Å². The number of nitrogens with zero attached hydrogens (tertiary/aromatic N) is 2. The van der Waals surface area contributed by atoms with Crippen molar-refractivity contribution in [2.75, 3.05) is 0 Å². The van der Waals surface area contributed by atoms with Crippen molar-refractivity contribution in [2.45, 2.75) is 27.3 Å². The Morgan fingerprint density at radius 3 is 2.56 bits per heavy atom. The van der Waals surface area contributed by atoms with Crippen LogP contribution in [-0.4, -0.2) is 9.55 Å². The fourth-order valence-electron chi connectivity index (χ4n) is 1.83. The summed E-state index contributed by atoms with van der Waals surface area (Å²) in [7, 11) is 0. The molecule has 0 aliphatic carbocycles. The summed E-state index contributed by atoms with van der Waals surface area (Å²) in [6.07, 6.45) is 5.02. The normalized spacial score (nSPS) is 10.8. The minimum Gasteiger partial charge on any atom is -0.347 e. The maximum Gasteiger partial charge on any atom is 0.141 e. The molecule has 3 heteroatoms. The molecule has 0 bridgehead atoms. The topological polar surface area (TPSA) is 17.8 Å². The van der Waals surface area contributed by atoms with Gasteiger partial charge >= 0.3 is 0 Å². The van der Waals surface area contributed by atoms with Gasteiger partial charge in [0.25, 0.3) is 0 Å². The van der Waals surface area contributed by atoms with Crippen LogP contribution >= 0.6 is 0 Å². The lowest BCUT2D eigenvalue weighted by molar-refractivity contribution is 0.615. The maximum absolute atomic E-state index is 13.0. The Kier molecular flexibility index (Phi) is 2.77. The van der Waals surface area contributed by atoms with Crippen molar-refractivity contribution in [1.29, 1.82) is 0 Å². The van der Waals surface area contributed by atoms with Gasteiger partial charge in [0.15, 0.2) is 0 Å². The molecule has 2 aromatic heterocycles. The second-order valence-corrected chi connectivity index (χ2v) is 4.16. The second-order valence-electron chi connectivity index (χ2n) is 4.16. The molecule has 2 nitrogen and oxygen atoms in total. The molecule has 2 heterocycles. The summed E-state index contributed by atoms with van der Waals surface area (Å²) < 4.78 is 15.1. The van der Waals surface area contributed by atoms with Gasteiger partial charge < -0.3 is 4.57 Å². The van der Waals surface area contributed by atoms with Crippen LogP contribution in [0.25, 0.3) is 0 Å². The lowest BCUT2D eigenvalue weighted by Crippen LogP contribution is -2.01. The van der Waals surface area contributed by atoms with Gasteiger partial charge in [-0.3, -0.25) is 4.98 Å². The van der Waals surface area contributed by atoms with Gasteiger partial charge in [-0.1, -0.05) is 0 Å². The third-order valence-corrected chi connectivity index (χ3v) is 3.03. The fraction of sp³-hybridized carbons (Fsp3) is 0.308. The zero-order valence-corrected chi connectivity index (χ0v) is 9.79. The molecule has 0 aliphatic rings. The van der Waals surface area contributed by atoms with E-state index in [0.717, 1.165) is 5.56 Å². The summed E-state index contributed by atoms with van der Waals surface area (Å²) in [6.45, 7) is 6.94. The van der Waals surface area contributed by atoms with Crippen molar-refractivity contribution in [2.24, 2.45) is 0 Å². The average molecular weight is 218 g/mol. The standard InChI is InChI=1S/C13H15FN2/c1-9-7-16(11(3)10(9)2)8-12-4-13(14)6-15-5-12/h4-7H,8H2,1-3H3. The molecule has 0 aliphatic heterocycles. The first-order valence-electron chi connectivity index (χ1n) is 5.30. The monoisotopic (exact) mass is 218 g/mol. The van der Waals surface area contributed by atoms with Crippen LogP contribution in [0.1, 0.15) is 22.4 Å². The number of pyridine rings is 1. The molecule has 0 N–H and O–H groups in total. The van der Waals surface area contributed by atoms with Crippen LogP contribution in [0.4, 0.5) is 4.39 Å². The maximum atomic E-state index is 13.0. The number of aryl methyl sites for hydroxylation is 1. The molecule has 0 saturated heterocycles. The van der Waals surface area contributed by atoms with Crippen LogP contribution in [-0.2, 0) is 6.54 Å². The second kappa shape index (κ2) is 4.08. The van der Waals surface area contributed by atoms with Crippen LogP contribution in [0.3, 0.4) is 0 Å². The van der Waals surface area contributed by atoms with E-state index in [1.807, 2.05) is 0 Å². The minimum atomic E-state index is -0.282. The van der Waals surface area contributed by atoms with Crippen molar-refractivity contribution in [1.82, 2.24) is 9.55 Å². The highest BCUT2D eigenvalue weighted by atomic mass is 19.1. The van der Waals surface area contributed by atoms with Gasteiger partial charge in [-0.05, 0) is 43.5 Å². The Bertz CT molecular complexity index is 515. The van der Waals surface area contributed by atoms with E-state index in [1.54, 1.807) is 6.20 Å². The van der Waals surface area contributed by atoms with Crippen molar-refractivity contribution < 1.29 is 4.39 Å². The summed E-state index contributed by atoms with van der Waals surface area (Å²) in [4.78, 5) is 3.85. The van der Waals surface area contributed by atoms with Gasteiger partial charge in [0, 0.05) is 24.6 Å². The first-order valence-corrected chi connectivity index (χ1v) is 5.30. The van der Waals surface area contributed by atoms with E-state index in [4.69, 9.17) is 0 Å². The molecule has 0 amide bonds. The summed E-state index contributed by atoms with van der Waals surface area (Å²) in [5.74, 6) is -0.282. The first kappa shape index (κ1) is 10.9. The molecule has 84 valence electrons. The Hall–Kier alpha value is -1.64. The Morgan fingerprint density at radius 1 is 1.25 bits per heavy atom. The van der Waals surface area contributed by atoms with Crippen molar-refractivity contribution in [3.63, 3.8) is 0 Å². The van der Waals surface area contributed by atoms with Crippen LogP contribution in [0.15, 0.2) is 24.7 Å². The van der Waals surface area contributed by atoms with Gasteiger partial charge in [-0.2, -0.15) is 0 Å². The molecule has 2 rings (SSSR count). The molecule has 0 saturated carbocycles. The average Bonchev–Trinajstić information content (AvgIpc) is 2.47. The predicted molar refractivity (Wildman–Crippen MR) is 61.9 cm³/mol. The van der Waals surface area contributed by atoms with E-state index in [1.165, 1.54) is 29.1 Å². The highest BCUT2D eigenvalue weighted by molar-refractivity contribution is 5.29. The summed E-state index contributed by atoms with van der Waals surface area (Å²) in [5, 5.41) is 0.